The molecule has 1 amide bonds. The zero-order valence-electron chi connectivity index (χ0n) is 15.1. The molecule has 0 saturated heterocycles. The van der Waals surface area contributed by atoms with Crippen LogP contribution in [0.3, 0.4) is 0 Å². The fourth-order valence-corrected chi connectivity index (χ4v) is 2.73. The highest BCUT2D eigenvalue weighted by Crippen LogP contribution is 2.13. The summed E-state index contributed by atoms with van der Waals surface area (Å²) in [4.78, 5) is 16.4. The van der Waals surface area contributed by atoms with Crippen LogP contribution >= 0.6 is 23.4 Å². The first-order valence-electron chi connectivity index (χ1n) is 8.72. The zero-order chi connectivity index (χ0) is 18.3. The molecule has 1 rings (SSSR count). The first-order chi connectivity index (χ1) is 12.2. The molecule has 0 heterocycles. The van der Waals surface area contributed by atoms with Crippen molar-refractivity contribution in [3.05, 3.63) is 29.3 Å². The minimum Gasteiger partial charge on any atom is -0.357 e. The Morgan fingerprint density at radius 1 is 1.16 bits per heavy atom. The van der Waals surface area contributed by atoms with Crippen molar-refractivity contribution in [2.24, 2.45) is 4.99 Å². The van der Waals surface area contributed by atoms with E-state index in [9.17, 15) is 4.79 Å². The van der Waals surface area contributed by atoms with Gasteiger partial charge in [-0.25, -0.2) is 0 Å². The number of carbonyl (C=O) groups is 1. The number of carbonyl (C=O) groups excluding carboxylic acids is 1. The number of nitrogens with zero attached hydrogens (tertiary/aromatic N) is 1. The number of guanidine groups is 1. The van der Waals surface area contributed by atoms with Crippen molar-refractivity contribution < 1.29 is 4.79 Å². The van der Waals surface area contributed by atoms with Crippen LogP contribution in [0.15, 0.2) is 29.3 Å². The minimum atomic E-state index is -0.00690. The molecule has 0 aromatic heterocycles. The monoisotopic (exact) mass is 384 g/mol. The molecule has 0 aliphatic carbocycles. The number of halogens is 1. The molecular formula is C18H29ClN4OS. The van der Waals surface area contributed by atoms with Gasteiger partial charge >= 0.3 is 0 Å². The molecule has 0 radical (unpaired) electrons. The van der Waals surface area contributed by atoms with Crippen LogP contribution < -0.4 is 16.0 Å². The molecule has 7 heteroatoms. The highest BCUT2D eigenvalue weighted by molar-refractivity contribution is 7.98. The first-order valence-corrected chi connectivity index (χ1v) is 10.5. The topological polar surface area (TPSA) is 65.5 Å². The first kappa shape index (κ1) is 21.6. The van der Waals surface area contributed by atoms with Crippen LogP contribution in [0, 0.1) is 0 Å². The van der Waals surface area contributed by atoms with Gasteiger partial charge in [-0.2, -0.15) is 11.8 Å². The smallest absolute Gasteiger partial charge is 0.224 e. The third-order valence-electron chi connectivity index (χ3n) is 3.37. The lowest BCUT2D eigenvalue weighted by Crippen LogP contribution is -2.37. The van der Waals surface area contributed by atoms with Gasteiger partial charge in [-0.1, -0.05) is 11.6 Å². The normalized spacial score (nSPS) is 11.2. The van der Waals surface area contributed by atoms with Gasteiger partial charge in [0.2, 0.25) is 5.91 Å². The Kier molecular flexibility index (Phi) is 12.0. The van der Waals surface area contributed by atoms with E-state index >= 15 is 0 Å². The summed E-state index contributed by atoms with van der Waals surface area (Å²) in [5.41, 5.74) is 0.762. The van der Waals surface area contributed by atoms with Crippen molar-refractivity contribution in [2.45, 2.75) is 32.6 Å². The molecule has 0 aliphatic rings. The minimum absolute atomic E-state index is 0.00690. The third-order valence-corrected chi connectivity index (χ3v) is 4.32. The molecule has 0 fully saturated rings. The summed E-state index contributed by atoms with van der Waals surface area (Å²) in [7, 11) is 0. The lowest BCUT2D eigenvalue weighted by atomic mass is 10.2. The molecular weight excluding hydrogens is 356 g/mol. The lowest BCUT2D eigenvalue weighted by molar-refractivity contribution is -0.116. The molecule has 140 valence electrons. The second kappa shape index (κ2) is 13.8. The molecule has 0 spiro atoms. The average molecular weight is 385 g/mol. The van der Waals surface area contributed by atoms with E-state index in [0.29, 0.717) is 24.4 Å². The molecule has 0 aliphatic heterocycles. The Bertz CT molecular complexity index is 522. The van der Waals surface area contributed by atoms with Gasteiger partial charge in [0.05, 0.1) is 0 Å². The van der Waals surface area contributed by atoms with Gasteiger partial charge in [-0.3, -0.25) is 9.79 Å². The van der Waals surface area contributed by atoms with E-state index in [0.717, 1.165) is 31.2 Å². The summed E-state index contributed by atoms with van der Waals surface area (Å²) in [6, 6.07) is 7.11. The maximum absolute atomic E-state index is 11.9. The molecule has 1 aromatic carbocycles. The standard InChI is InChI=1S/C18H29ClN4OS/c1-3-20-18(21-12-4-5-14-25-2)22-13-6-7-17(24)23-16-10-8-15(19)9-11-16/h8-11H,3-7,12-14H2,1-2H3,(H,23,24)(H2,20,21,22). The Balaban J connectivity index is 2.24. The average Bonchev–Trinajstić information content (AvgIpc) is 2.60. The molecule has 3 N–H and O–H groups in total. The molecule has 1 aromatic rings. The summed E-state index contributed by atoms with van der Waals surface area (Å²) < 4.78 is 0. The molecule has 0 bridgehead atoms. The summed E-state index contributed by atoms with van der Waals surface area (Å²) in [6.45, 7) is 4.41. The Hall–Kier alpha value is -1.40. The number of thioether (sulfide) groups is 1. The lowest BCUT2D eigenvalue weighted by Gasteiger charge is -2.11. The van der Waals surface area contributed by atoms with Crippen molar-refractivity contribution in [1.29, 1.82) is 0 Å². The molecule has 0 atom stereocenters. The summed E-state index contributed by atoms with van der Waals surface area (Å²) in [6.07, 6.45) is 5.62. The van der Waals surface area contributed by atoms with E-state index in [1.165, 1.54) is 12.2 Å². The quantitative estimate of drug-likeness (QED) is 0.309. The number of rotatable bonds is 11. The fourth-order valence-electron chi connectivity index (χ4n) is 2.11. The second-order valence-corrected chi connectivity index (χ2v) is 6.97. The number of nitrogens with one attached hydrogen (secondary N) is 3. The van der Waals surface area contributed by atoms with Crippen LogP contribution in [0.5, 0.6) is 0 Å². The van der Waals surface area contributed by atoms with Gasteiger partial charge < -0.3 is 16.0 Å². The van der Waals surface area contributed by atoms with Crippen LogP contribution in [0.1, 0.15) is 32.6 Å². The van der Waals surface area contributed by atoms with Crippen molar-refractivity contribution in [2.75, 3.05) is 37.0 Å². The molecule has 5 nitrogen and oxygen atoms in total. The van der Waals surface area contributed by atoms with E-state index < -0.39 is 0 Å². The van der Waals surface area contributed by atoms with Gasteiger partial charge in [0.25, 0.3) is 0 Å². The number of amides is 1. The van der Waals surface area contributed by atoms with Gasteiger partial charge in [0.15, 0.2) is 5.96 Å². The van der Waals surface area contributed by atoms with E-state index in [1.54, 1.807) is 24.3 Å². The van der Waals surface area contributed by atoms with Gasteiger partial charge in [-0.05, 0) is 62.5 Å². The van der Waals surface area contributed by atoms with Crippen LogP contribution in [0.25, 0.3) is 0 Å². The predicted molar refractivity (Wildman–Crippen MR) is 111 cm³/mol. The number of anilines is 1. The Morgan fingerprint density at radius 2 is 1.92 bits per heavy atom. The SMILES string of the molecule is CCNC(=NCCCC(=O)Nc1ccc(Cl)cc1)NCCCCSC. The second-order valence-electron chi connectivity index (χ2n) is 5.55. The largest absolute Gasteiger partial charge is 0.357 e. The maximum Gasteiger partial charge on any atom is 0.224 e. The summed E-state index contributed by atoms with van der Waals surface area (Å²) in [5.74, 6) is 2.01. The van der Waals surface area contributed by atoms with Crippen LogP contribution in [-0.2, 0) is 4.79 Å². The number of hydrogen-bond donors (Lipinski definition) is 3. The van der Waals surface area contributed by atoms with E-state index in [-0.39, 0.29) is 5.91 Å². The van der Waals surface area contributed by atoms with Crippen LogP contribution in [-0.4, -0.2) is 43.5 Å². The predicted octanol–water partition coefficient (Wildman–Crippen LogP) is 3.76. The van der Waals surface area contributed by atoms with Crippen LogP contribution in [0.2, 0.25) is 5.02 Å². The third kappa shape index (κ3) is 10.9. The number of aliphatic imine (C=N–C) groups is 1. The van der Waals surface area contributed by atoms with E-state index in [2.05, 4.69) is 27.2 Å². The van der Waals surface area contributed by atoms with Crippen LogP contribution in [0.4, 0.5) is 5.69 Å². The summed E-state index contributed by atoms with van der Waals surface area (Å²) in [5, 5.41) is 10.1. The fraction of sp³-hybridized carbons (Fsp3) is 0.556. The Morgan fingerprint density at radius 3 is 2.60 bits per heavy atom. The van der Waals surface area contributed by atoms with Crippen molar-refractivity contribution in [3.8, 4) is 0 Å². The van der Waals surface area contributed by atoms with E-state index in [1.807, 2.05) is 18.7 Å². The van der Waals surface area contributed by atoms with Crippen molar-refractivity contribution in [3.63, 3.8) is 0 Å². The summed E-state index contributed by atoms with van der Waals surface area (Å²) >= 11 is 7.70. The van der Waals surface area contributed by atoms with E-state index in [4.69, 9.17) is 11.6 Å². The zero-order valence-corrected chi connectivity index (χ0v) is 16.7. The molecule has 25 heavy (non-hydrogen) atoms. The maximum atomic E-state index is 11.9. The number of benzene rings is 1. The molecule has 0 unspecified atom stereocenters. The van der Waals surface area contributed by atoms with Gasteiger partial charge in [-0.15, -0.1) is 0 Å². The highest BCUT2D eigenvalue weighted by atomic mass is 35.5. The highest BCUT2D eigenvalue weighted by Gasteiger charge is 2.02. The number of hydrogen-bond acceptors (Lipinski definition) is 3. The van der Waals surface area contributed by atoms with Crippen molar-refractivity contribution >= 4 is 40.9 Å². The van der Waals surface area contributed by atoms with Crippen molar-refractivity contribution in [1.82, 2.24) is 10.6 Å². The number of unbranched alkanes of at least 4 members (excludes halogenated alkanes) is 1. The van der Waals surface area contributed by atoms with Gasteiger partial charge in [0.1, 0.15) is 0 Å². The molecule has 0 saturated carbocycles. The van der Waals surface area contributed by atoms with Gasteiger partial charge in [0, 0.05) is 36.8 Å². The Labute approximate surface area is 160 Å².